The molecular formula is C18H27N3O2. The Bertz CT molecular complexity index is 498. The highest BCUT2D eigenvalue weighted by atomic mass is 16.2. The van der Waals surface area contributed by atoms with Crippen LogP contribution in [0.15, 0.2) is 30.3 Å². The Morgan fingerprint density at radius 1 is 1.09 bits per heavy atom. The quantitative estimate of drug-likeness (QED) is 0.684. The van der Waals surface area contributed by atoms with Gasteiger partial charge in [0.15, 0.2) is 0 Å². The van der Waals surface area contributed by atoms with Crippen molar-refractivity contribution in [3.63, 3.8) is 0 Å². The first-order valence-corrected chi connectivity index (χ1v) is 8.49. The molecule has 0 bridgehead atoms. The van der Waals surface area contributed by atoms with E-state index in [-0.39, 0.29) is 24.4 Å². The van der Waals surface area contributed by atoms with Crippen LogP contribution >= 0.6 is 0 Å². The van der Waals surface area contributed by atoms with Crippen LogP contribution in [0.3, 0.4) is 0 Å². The lowest BCUT2D eigenvalue weighted by Crippen LogP contribution is -2.39. The number of rotatable bonds is 8. The molecule has 1 aliphatic carbocycles. The van der Waals surface area contributed by atoms with Crippen molar-refractivity contribution in [3.8, 4) is 0 Å². The van der Waals surface area contributed by atoms with Gasteiger partial charge in [-0.15, -0.1) is 0 Å². The number of hydrogen-bond donors (Lipinski definition) is 3. The lowest BCUT2D eigenvalue weighted by atomic mass is 10.0. The zero-order valence-corrected chi connectivity index (χ0v) is 13.6. The second kappa shape index (κ2) is 9.30. The summed E-state index contributed by atoms with van der Waals surface area (Å²) < 4.78 is 0. The van der Waals surface area contributed by atoms with Gasteiger partial charge in [-0.25, -0.2) is 0 Å². The molecule has 1 atom stereocenters. The third-order valence-corrected chi connectivity index (χ3v) is 4.45. The lowest BCUT2D eigenvalue weighted by Gasteiger charge is -2.13. The van der Waals surface area contributed by atoms with Crippen molar-refractivity contribution >= 4 is 11.8 Å². The van der Waals surface area contributed by atoms with E-state index in [0.717, 1.165) is 12.0 Å². The van der Waals surface area contributed by atoms with E-state index in [1.807, 2.05) is 30.3 Å². The van der Waals surface area contributed by atoms with Crippen molar-refractivity contribution in [1.29, 1.82) is 0 Å². The van der Waals surface area contributed by atoms with E-state index in [1.54, 1.807) is 0 Å². The smallest absolute Gasteiger partial charge is 0.239 e. The first kappa shape index (κ1) is 17.5. The first-order valence-electron chi connectivity index (χ1n) is 8.49. The Hall–Kier alpha value is -1.88. The molecule has 0 radical (unpaired) electrons. The van der Waals surface area contributed by atoms with E-state index in [9.17, 15) is 9.59 Å². The maximum Gasteiger partial charge on any atom is 0.239 e. The third-order valence-electron chi connectivity index (χ3n) is 4.45. The van der Waals surface area contributed by atoms with E-state index < -0.39 is 0 Å². The Labute approximate surface area is 138 Å². The molecule has 2 amide bonds. The average molecular weight is 317 g/mol. The predicted molar refractivity (Wildman–Crippen MR) is 90.6 cm³/mol. The lowest BCUT2D eigenvalue weighted by molar-refractivity contribution is -0.126. The van der Waals surface area contributed by atoms with Gasteiger partial charge in [-0.3, -0.25) is 9.59 Å². The summed E-state index contributed by atoms with van der Waals surface area (Å²) in [6, 6.07) is 9.39. The van der Waals surface area contributed by atoms with Gasteiger partial charge < -0.3 is 16.4 Å². The number of nitrogens with two attached hydrogens (primary N) is 1. The van der Waals surface area contributed by atoms with E-state index in [0.29, 0.717) is 18.9 Å². The summed E-state index contributed by atoms with van der Waals surface area (Å²) in [5.74, 6) is 0.448. The van der Waals surface area contributed by atoms with Gasteiger partial charge in [0.25, 0.3) is 0 Å². The van der Waals surface area contributed by atoms with Crippen LogP contribution in [0.5, 0.6) is 0 Å². The maximum atomic E-state index is 11.8. The van der Waals surface area contributed by atoms with Crippen LogP contribution in [0.2, 0.25) is 0 Å². The van der Waals surface area contributed by atoms with Crippen molar-refractivity contribution in [3.05, 3.63) is 35.9 Å². The van der Waals surface area contributed by atoms with Crippen LogP contribution in [-0.2, 0) is 9.59 Å². The van der Waals surface area contributed by atoms with Crippen LogP contribution in [0, 0.1) is 5.92 Å². The molecule has 126 valence electrons. The minimum absolute atomic E-state index is 0.0189. The van der Waals surface area contributed by atoms with Crippen LogP contribution in [0.1, 0.15) is 50.1 Å². The highest BCUT2D eigenvalue weighted by molar-refractivity contribution is 5.84. The predicted octanol–water partition coefficient (Wildman–Crippen LogP) is 1.89. The third kappa shape index (κ3) is 6.40. The number of carbonyl (C=O) groups excluding carboxylic acids is 2. The van der Waals surface area contributed by atoms with Gasteiger partial charge in [-0.2, -0.15) is 0 Å². The van der Waals surface area contributed by atoms with Crippen molar-refractivity contribution in [1.82, 2.24) is 10.6 Å². The fourth-order valence-electron chi connectivity index (χ4n) is 3.01. The molecule has 4 N–H and O–H groups in total. The topological polar surface area (TPSA) is 84.2 Å². The number of nitrogens with one attached hydrogen (secondary N) is 2. The standard InChI is InChI=1S/C18H27N3O2/c19-16(15-8-2-1-3-9-15)12-20-18(23)13-21-17(22)11-10-14-6-4-5-7-14/h1-3,8-9,14,16H,4-7,10-13,19H2,(H,20,23)(H,21,22). The number of amides is 2. The summed E-state index contributed by atoms with van der Waals surface area (Å²) in [5, 5.41) is 5.43. The summed E-state index contributed by atoms with van der Waals surface area (Å²) in [7, 11) is 0. The minimum Gasteiger partial charge on any atom is -0.353 e. The molecule has 1 fully saturated rings. The molecule has 1 aromatic carbocycles. The molecule has 1 aromatic rings. The van der Waals surface area contributed by atoms with Crippen molar-refractivity contribution in [2.45, 2.75) is 44.6 Å². The van der Waals surface area contributed by atoms with E-state index in [4.69, 9.17) is 5.73 Å². The molecule has 1 saturated carbocycles. The zero-order valence-electron chi connectivity index (χ0n) is 13.6. The summed E-state index contributed by atoms with van der Waals surface area (Å²) in [6.07, 6.45) is 6.51. The minimum atomic E-state index is -0.238. The van der Waals surface area contributed by atoms with Gasteiger partial charge in [0, 0.05) is 19.0 Å². The zero-order chi connectivity index (χ0) is 16.5. The molecule has 1 aliphatic rings. The van der Waals surface area contributed by atoms with Gasteiger partial charge in [0.2, 0.25) is 11.8 Å². The molecule has 5 nitrogen and oxygen atoms in total. The largest absolute Gasteiger partial charge is 0.353 e. The average Bonchev–Trinajstić information content (AvgIpc) is 3.10. The molecule has 23 heavy (non-hydrogen) atoms. The van der Waals surface area contributed by atoms with E-state index in [2.05, 4.69) is 10.6 Å². The van der Waals surface area contributed by atoms with Gasteiger partial charge >= 0.3 is 0 Å². The summed E-state index contributed by atoms with van der Waals surface area (Å²) in [5.41, 5.74) is 6.99. The van der Waals surface area contributed by atoms with Gasteiger partial charge in [0.1, 0.15) is 0 Å². The van der Waals surface area contributed by atoms with Crippen molar-refractivity contribution in [2.75, 3.05) is 13.1 Å². The highest BCUT2D eigenvalue weighted by Gasteiger charge is 2.16. The van der Waals surface area contributed by atoms with Gasteiger partial charge in [0.05, 0.1) is 6.54 Å². The number of benzene rings is 1. The van der Waals surface area contributed by atoms with Gasteiger partial charge in [-0.05, 0) is 17.9 Å². The fraction of sp³-hybridized carbons (Fsp3) is 0.556. The summed E-state index contributed by atoms with van der Waals surface area (Å²) in [6.45, 7) is 0.381. The molecule has 0 aromatic heterocycles. The monoisotopic (exact) mass is 317 g/mol. The Kier molecular flexibility index (Phi) is 7.07. The van der Waals surface area contributed by atoms with Gasteiger partial charge in [-0.1, -0.05) is 56.0 Å². The number of hydrogen-bond acceptors (Lipinski definition) is 3. The second-order valence-corrected chi connectivity index (χ2v) is 6.29. The summed E-state index contributed by atoms with van der Waals surface area (Å²) in [4.78, 5) is 23.5. The Balaban J connectivity index is 1.58. The molecule has 0 saturated heterocycles. The van der Waals surface area contributed by atoms with Crippen LogP contribution < -0.4 is 16.4 Å². The SMILES string of the molecule is NC(CNC(=O)CNC(=O)CCC1CCCC1)c1ccccc1. The first-order chi connectivity index (χ1) is 11.1. The molecule has 0 aliphatic heterocycles. The summed E-state index contributed by atoms with van der Waals surface area (Å²) >= 11 is 0. The highest BCUT2D eigenvalue weighted by Crippen LogP contribution is 2.28. The Morgan fingerprint density at radius 3 is 2.48 bits per heavy atom. The fourth-order valence-corrected chi connectivity index (χ4v) is 3.01. The molecule has 2 rings (SSSR count). The van der Waals surface area contributed by atoms with E-state index >= 15 is 0 Å². The van der Waals surface area contributed by atoms with Crippen LogP contribution in [0.25, 0.3) is 0 Å². The number of carbonyl (C=O) groups is 2. The molecule has 5 heteroatoms. The van der Waals surface area contributed by atoms with Crippen LogP contribution in [-0.4, -0.2) is 24.9 Å². The van der Waals surface area contributed by atoms with Crippen LogP contribution in [0.4, 0.5) is 0 Å². The second-order valence-electron chi connectivity index (χ2n) is 6.29. The molecular weight excluding hydrogens is 290 g/mol. The van der Waals surface area contributed by atoms with Crippen molar-refractivity contribution < 1.29 is 9.59 Å². The molecule has 0 heterocycles. The molecule has 0 spiro atoms. The molecule has 1 unspecified atom stereocenters. The maximum absolute atomic E-state index is 11.8. The Morgan fingerprint density at radius 2 is 1.78 bits per heavy atom. The normalized spacial score (nSPS) is 16.0. The van der Waals surface area contributed by atoms with Crippen molar-refractivity contribution in [2.24, 2.45) is 11.7 Å². The van der Waals surface area contributed by atoms with E-state index in [1.165, 1.54) is 25.7 Å².